The summed E-state index contributed by atoms with van der Waals surface area (Å²) in [6.45, 7) is 9.44. The summed E-state index contributed by atoms with van der Waals surface area (Å²) in [5, 5.41) is 2.97. The Morgan fingerprint density at radius 1 is 0.824 bits per heavy atom. The van der Waals surface area contributed by atoms with E-state index in [0.29, 0.717) is 48.3 Å². The molecule has 0 aliphatic heterocycles. The van der Waals surface area contributed by atoms with Crippen LogP contribution in [0.3, 0.4) is 0 Å². The molecule has 0 bridgehead atoms. The van der Waals surface area contributed by atoms with Crippen molar-refractivity contribution in [2.45, 2.75) is 33.1 Å². The number of carbonyl (C=O) groups excluding carboxylic acids is 1. The van der Waals surface area contributed by atoms with E-state index in [1.54, 1.807) is 25.3 Å². The van der Waals surface area contributed by atoms with E-state index in [4.69, 9.17) is 18.9 Å². The highest BCUT2D eigenvalue weighted by Gasteiger charge is 2.18. The zero-order valence-electron chi connectivity index (χ0n) is 20.5. The van der Waals surface area contributed by atoms with Gasteiger partial charge in [0.2, 0.25) is 0 Å². The van der Waals surface area contributed by atoms with Gasteiger partial charge in [-0.3, -0.25) is 4.79 Å². The molecular formula is C28H33NO5. The van der Waals surface area contributed by atoms with Gasteiger partial charge >= 0.3 is 0 Å². The summed E-state index contributed by atoms with van der Waals surface area (Å²) >= 11 is 0. The van der Waals surface area contributed by atoms with Crippen LogP contribution in [-0.2, 0) is 5.41 Å². The van der Waals surface area contributed by atoms with E-state index in [1.807, 2.05) is 55.5 Å². The molecule has 3 aromatic carbocycles. The third kappa shape index (κ3) is 6.67. The van der Waals surface area contributed by atoms with Gasteiger partial charge in [0.25, 0.3) is 5.91 Å². The standard InChI is InChI=1S/C28H33NO5/c1-6-32-26-18-20(12-14-25(26)34-17-16-33-22-10-8-7-9-11-22)27(30)29-23-19-21(28(2,3)4)13-15-24(23)31-5/h7-15,18-19H,6,16-17H2,1-5H3,(H,29,30). The van der Waals surface area contributed by atoms with Crippen molar-refractivity contribution in [3.8, 4) is 23.0 Å². The van der Waals surface area contributed by atoms with Gasteiger partial charge in [0.1, 0.15) is 24.7 Å². The van der Waals surface area contributed by atoms with Crippen LogP contribution in [0.15, 0.2) is 66.7 Å². The highest BCUT2D eigenvalue weighted by Crippen LogP contribution is 2.33. The van der Waals surface area contributed by atoms with Gasteiger partial charge in [-0.1, -0.05) is 45.0 Å². The van der Waals surface area contributed by atoms with Crippen molar-refractivity contribution in [3.63, 3.8) is 0 Å². The quantitative estimate of drug-likeness (QED) is 0.368. The molecule has 0 fully saturated rings. The van der Waals surface area contributed by atoms with E-state index in [-0.39, 0.29) is 11.3 Å². The number of hydrogen-bond donors (Lipinski definition) is 1. The molecule has 34 heavy (non-hydrogen) atoms. The Morgan fingerprint density at radius 3 is 2.21 bits per heavy atom. The molecule has 0 heterocycles. The average Bonchev–Trinajstić information content (AvgIpc) is 2.82. The maximum absolute atomic E-state index is 13.0. The van der Waals surface area contributed by atoms with Crippen LogP contribution in [0.2, 0.25) is 0 Å². The van der Waals surface area contributed by atoms with Crippen LogP contribution in [0.1, 0.15) is 43.6 Å². The number of carbonyl (C=O) groups is 1. The average molecular weight is 464 g/mol. The van der Waals surface area contributed by atoms with Gasteiger partial charge in [-0.2, -0.15) is 0 Å². The summed E-state index contributed by atoms with van der Waals surface area (Å²) in [7, 11) is 1.59. The lowest BCUT2D eigenvalue weighted by molar-refractivity contribution is 0.102. The molecule has 0 saturated carbocycles. The number of anilines is 1. The molecule has 180 valence electrons. The summed E-state index contributed by atoms with van der Waals surface area (Å²) < 4.78 is 22.7. The Hall–Kier alpha value is -3.67. The van der Waals surface area contributed by atoms with Crippen LogP contribution < -0.4 is 24.3 Å². The van der Waals surface area contributed by atoms with Gasteiger partial charge < -0.3 is 24.3 Å². The van der Waals surface area contributed by atoms with Crippen LogP contribution in [0.5, 0.6) is 23.0 Å². The van der Waals surface area contributed by atoms with Crippen molar-refractivity contribution in [3.05, 3.63) is 77.9 Å². The van der Waals surface area contributed by atoms with Gasteiger partial charge in [-0.15, -0.1) is 0 Å². The highest BCUT2D eigenvalue weighted by molar-refractivity contribution is 6.05. The summed E-state index contributed by atoms with van der Waals surface area (Å²) in [5.74, 6) is 2.19. The first-order valence-corrected chi connectivity index (χ1v) is 11.4. The molecule has 3 aromatic rings. The van der Waals surface area contributed by atoms with Crippen LogP contribution in [0, 0.1) is 0 Å². The van der Waals surface area contributed by atoms with Gasteiger partial charge in [-0.25, -0.2) is 0 Å². The molecule has 0 spiro atoms. The van der Waals surface area contributed by atoms with Gasteiger partial charge in [0.15, 0.2) is 11.5 Å². The first-order chi connectivity index (χ1) is 16.3. The van der Waals surface area contributed by atoms with Crippen molar-refractivity contribution < 1.29 is 23.7 Å². The Balaban J connectivity index is 1.71. The molecule has 3 rings (SSSR count). The number of para-hydroxylation sites is 1. The van der Waals surface area contributed by atoms with E-state index < -0.39 is 0 Å². The molecule has 0 atom stereocenters. The van der Waals surface area contributed by atoms with E-state index in [2.05, 4.69) is 26.1 Å². The number of rotatable bonds is 10. The fourth-order valence-corrected chi connectivity index (χ4v) is 3.33. The van der Waals surface area contributed by atoms with E-state index in [1.165, 1.54) is 0 Å². The maximum Gasteiger partial charge on any atom is 0.255 e. The first kappa shape index (κ1) is 25.0. The number of nitrogens with one attached hydrogen (secondary N) is 1. The zero-order valence-corrected chi connectivity index (χ0v) is 20.5. The van der Waals surface area contributed by atoms with Gasteiger partial charge in [0.05, 0.1) is 19.4 Å². The number of ether oxygens (including phenoxy) is 4. The highest BCUT2D eigenvalue weighted by atomic mass is 16.5. The second kappa shape index (κ2) is 11.5. The third-order valence-corrected chi connectivity index (χ3v) is 5.17. The number of amides is 1. The molecule has 0 aliphatic carbocycles. The lowest BCUT2D eigenvalue weighted by atomic mass is 9.87. The van der Waals surface area contributed by atoms with Crippen LogP contribution in [0.25, 0.3) is 0 Å². The molecule has 1 N–H and O–H groups in total. The van der Waals surface area contributed by atoms with Crippen molar-refractivity contribution in [2.75, 3.05) is 32.2 Å². The summed E-state index contributed by atoms with van der Waals surface area (Å²) in [4.78, 5) is 13.0. The maximum atomic E-state index is 13.0. The predicted molar refractivity (Wildman–Crippen MR) is 135 cm³/mol. The van der Waals surface area contributed by atoms with Crippen molar-refractivity contribution in [1.29, 1.82) is 0 Å². The first-order valence-electron chi connectivity index (χ1n) is 11.4. The second-order valence-electron chi connectivity index (χ2n) is 8.72. The molecule has 0 aliphatic rings. The second-order valence-corrected chi connectivity index (χ2v) is 8.72. The lowest BCUT2D eigenvalue weighted by Gasteiger charge is -2.21. The fourth-order valence-electron chi connectivity index (χ4n) is 3.33. The normalized spacial score (nSPS) is 11.0. The number of hydrogen-bond acceptors (Lipinski definition) is 5. The molecule has 0 aromatic heterocycles. The Labute approximate surface area is 201 Å². The van der Waals surface area contributed by atoms with E-state index in [9.17, 15) is 4.79 Å². The Morgan fingerprint density at radius 2 is 1.53 bits per heavy atom. The molecule has 0 unspecified atom stereocenters. The van der Waals surface area contributed by atoms with Crippen LogP contribution in [0.4, 0.5) is 5.69 Å². The fraction of sp³-hybridized carbons (Fsp3) is 0.321. The summed E-state index contributed by atoms with van der Waals surface area (Å²) in [6.07, 6.45) is 0. The molecule has 6 heteroatoms. The molecule has 1 amide bonds. The van der Waals surface area contributed by atoms with Gasteiger partial charge in [-0.05, 0) is 60.4 Å². The molecule has 0 radical (unpaired) electrons. The smallest absolute Gasteiger partial charge is 0.255 e. The van der Waals surface area contributed by atoms with Crippen LogP contribution >= 0.6 is 0 Å². The van der Waals surface area contributed by atoms with Crippen molar-refractivity contribution >= 4 is 11.6 Å². The topological polar surface area (TPSA) is 66.0 Å². The number of benzene rings is 3. The van der Waals surface area contributed by atoms with E-state index in [0.717, 1.165) is 11.3 Å². The largest absolute Gasteiger partial charge is 0.495 e. The van der Waals surface area contributed by atoms with E-state index >= 15 is 0 Å². The third-order valence-electron chi connectivity index (χ3n) is 5.17. The van der Waals surface area contributed by atoms with Crippen LogP contribution in [-0.4, -0.2) is 32.8 Å². The summed E-state index contributed by atoms with van der Waals surface area (Å²) in [5.41, 5.74) is 2.12. The predicted octanol–water partition coefficient (Wildman–Crippen LogP) is 6.10. The molecule has 0 saturated heterocycles. The summed E-state index contributed by atoms with van der Waals surface area (Å²) in [6, 6.07) is 20.5. The molecular weight excluding hydrogens is 430 g/mol. The minimum absolute atomic E-state index is 0.0584. The Kier molecular flexibility index (Phi) is 8.41. The minimum atomic E-state index is -0.260. The van der Waals surface area contributed by atoms with Crippen molar-refractivity contribution in [2.24, 2.45) is 0 Å². The van der Waals surface area contributed by atoms with Gasteiger partial charge in [0, 0.05) is 5.56 Å². The zero-order chi connectivity index (χ0) is 24.6. The SMILES string of the molecule is CCOc1cc(C(=O)Nc2cc(C(C)(C)C)ccc2OC)ccc1OCCOc1ccccc1. The lowest BCUT2D eigenvalue weighted by Crippen LogP contribution is -2.16. The monoisotopic (exact) mass is 463 g/mol. The van der Waals surface area contributed by atoms with Crippen molar-refractivity contribution in [1.82, 2.24) is 0 Å². The minimum Gasteiger partial charge on any atom is -0.495 e. The molecule has 6 nitrogen and oxygen atoms in total. The number of methoxy groups -OCH3 is 1. The Bertz CT molecular complexity index is 1090.